The lowest BCUT2D eigenvalue weighted by Crippen LogP contribution is -2.53. The van der Waals surface area contributed by atoms with Crippen molar-refractivity contribution in [2.24, 2.45) is 0 Å². The minimum absolute atomic E-state index is 0.157. The maximum atomic E-state index is 14.3. The normalized spacial score (nSPS) is 18.3. The molecule has 1 aliphatic rings. The Morgan fingerprint density at radius 2 is 1.96 bits per heavy atom. The zero-order valence-corrected chi connectivity index (χ0v) is 16.7. The highest BCUT2D eigenvalue weighted by Crippen LogP contribution is 2.21. The van der Waals surface area contributed by atoms with Crippen LogP contribution in [-0.4, -0.2) is 60.8 Å². The van der Waals surface area contributed by atoms with Gasteiger partial charge in [-0.1, -0.05) is 36.4 Å². The number of ether oxygens (including phenoxy) is 1. The minimum atomic E-state index is -0.229. The number of rotatable bonds is 9. The van der Waals surface area contributed by atoms with Gasteiger partial charge in [-0.25, -0.2) is 4.39 Å². The Balaban J connectivity index is 1.53. The Kier molecular flexibility index (Phi) is 7.83. The number of aryl methyl sites for hydroxylation is 1. The number of aliphatic hydroxyl groups is 1. The van der Waals surface area contributed by atoms with Crippen LogP contribution in [0.1, 0.15) is 24.0 Å². The van der Waals surface area contributed by atoms with Crippen LogP contribution in [0.3, 0.4) is 0 Å². The highest BCUT2D eigenvalue weighted by atomic mass is 19.1. The van der Waals surface area contributed by atoms with E-state index in [-0.39, 0.29) is 18.5 Å². The molecule has 1 saturated heterocycles. The van der Waals surface area contributed by atoms with Crippen molar-refractivity contribution in [1.82, 2.24) is 9.80 Å². The fourth-order valence-corrected chi connectivity index (χ4v) is 3.94. The number of piperazine rings is 1. The van der Waals surface area contributed by atoms with Crippen molar-refractivity contribution in [2.75, 3.05) is 39.9 Å². The molecule has 1 aliphatic heterocycles. The summed E-state index contributed by atoms with van der Waals surface area (Å²) in [5, 5.41) is 9.50. The van der Waals surface area contributed by atoms with Crippen LogP contribution in [0, 0.1) is 5.82 Å². The lowest BCUT2D eigenvalue weighted by molar-refractivity contribution is 0.0526. The quantitative estimate of drug-likeness (QED) is 0.717. The Morgan fingerprint density at radius 1 is 1.14 bits per heavy atom. The van der Waals surface area contributed by atoms with Crippen LogP contribution in [0.25, 0.3) is 0 Å². The summed E-state index contributed by atoms with van der Waals surface area (Å²) in [5.74, 6) is 0.309. The molecule has 0 bridgehead atoms. The predicted molar refractivity (Wildman–Crippen MR) is 110 cm³/mol. The van der Waals surface area contributed by atoms with E-state index < -0.39 is 0 Å². The molecule has 0 unspecified atom stereocenters. The van der Waals surface area contributed by atoms with Crippen LogP contribution in [0.5, 0.6) is 5.75 Å². The number of methoxy groups -OCH3 is 1. The van der Waals surface area contributed by atoms with Crippen LogP contribution in [0.2, 0.25) is 0 Å². The monoisotopic (exact) mass is 386 g/mol. The van der Waals surface area contributed by atoms with Gasteiger partial charge < -0.3 is 14.7 Å². The van der Waals surface area contributed by atoms with E-state index in [0.29, 0.717) is 24.3 Å². The van der Waals surface area contributed by atoms with Crippen LogP contribution in [0.15, 0.2) is 48.5 Å². The molecular weight excluding hydrogens is 355 g/mol. The molecule has 2 aromatic rings. The third-order valence-corrected chi connectivity index (χ3v) is 5.57. The molecule has 0 saturated carbocycles. The summed E-state index contributed by atoms with van der Waals surface area (Å²) >= 11 is 0. The fourth-order valence-electron chi connectivity index (χ4n) is 3.94. The van der Waals surface area contributed by atoms with Crippen molar-refractivity contribution in [3.8, 4) is 5.75 Å². The van der Waals surface area contributed by atoms with Gasteiger partial charge in [-0.05, 0) is 37.4 Å². The van der Waals surface area contributed by atoms with Crippen LogP contribution in [-0.2, 0) is 13.0 Å². The average molecular weight is 387 g/mol. The molecule has 0 spiro atoms. The molecule has 0 radical (unpaired) electrons. The van der Waals surface area contributed by atoms with Gasteiger partial charge in [0.2, 0.25) is 0 Å². The van der Waals surface area contributed by atoms with E-state index in [9.17, 15) is 9.50 Å². The lowest BCUT2D eigenvalue weighted by Gasteiger charge is -2.41. The summed E-state index contributed by atoms with van der Waals surface area (Å²) in [7, 11) is 1.54. The first-order valence-corrected chi connectivity index (χ1v) is 10.1. The highest BCUT2D eigenvalue weighted by molar-refractivity contribution is 5.29. The van der Waals surface area contributed by atoms with Crippen LogP contribution < -0.4 is 4.74 Å². The first-order valence-electron chi connectivity index (χ1n) is 10.1. The molecule has 4 nitrogen and oxygen atoms in total. The Bertz CT molecular complexity index is 726. The lowest BCUT2D eigenvalue weighted by atomic mass is 10.1. The van der Waals surface area contributed by atoms with Gasteiger partial charge in [-0.3, -0.25) is 4.90 Å². The summed E-state index contributed by atoms with van der Waals surface area (Å²) in [6.07, 6.45) is 2.93. The molecule has 2 aromatic carbocycles. The van der Waals surface area contributed by atoms with Gasteiger partial charge in [0.1, 0.15) is 11.6 Å². The number of hydrogen-bond donors (Lipinski definition) is 1. The van der Waals surface area contributed by atoms with Gasteiger partial charge in [0.15, 0.2) is 0 Å². The van der Waals surface area contributed by atoms with Crippen molar-refractivity contribution in [2.45, 2.75) is 31.8 Å². The smallest absolute Gasteiger partial charge is 0.131 e. The zero-order valence-electron chi connectivity index (χ0n) is 16.7. The zero-order chi connectivity index (χ0) is 19.8. The van der Waals surface area contributed by atoms with Crippen molar-refractivity contribution in [3.63, 3.8) is 0 Å². The van der Waals surface area contributed by atoms with Gasteiger partial charge in [0, 0.05) is 50.5 Å². The molecule has 0 aromatic heterocycles. The predicted octanol–water partition coefficient (Wildman–Crippen LogP) is 3.34. The van der Waals surface area contributed by atoms with Gasteiger partial charge in [0.05, 0.1) is 7.11 Å². The molecule has 28 heavy (non-hydrogen) atoms. The summed E-state index contributed by atoms with van der Waals surface area (Å²) in [5.41, 5.74) is 2.06. The van der Waals surface area contributed by atoms with E-state index in [4.69, 9.17) is 4.74 Å². The maximum Gasteiger partial charge on any atom is 0.131 e. The van der Waals surface area contributed by atoms with Crippen molar-refractivity contribution < 1.29 is 14.2 Å². The number of hydrogen-bond acceptors (Lipinski definition) is 4. The number of benzene rings is 2. The molecule has 1 atom stereocenters. The summed E-state index contributed by atoms with van der Waals surface area (Å²) in [6, 6.07) is 15.9. The van der Waals surface area contributed by atoms with Gasteiger partial charge >= 0.3 is 0 Å². The van der Waals surface area contributed by atoms with E-state index in [2.05, 4.69) is 34.1 Å². The highest BCUT2D eigenvalue weighted by Gasteiger charge is 2.27. The summed E-state index contributed by atoms with van der Waals surface area (Å²) in [4.78, 5) is 4.78. The molecule has 0 aliphatic carbocycles. The Morgan fingerprint density at radius 3 is 2.68 bits per heavy atom. The summed E-state index contributed by atoms with van der Waals surface area (Å²) < 4.78 is 19.4. The first kappa shape index (κ1) is 20.8. The largest absolute Gasteiger partial charge is 0.497 e. The molecule has 0 amide bonds. The molecule has 1 fully saturated rings. The number of aliphatic hydroxyl groups excluding tert-OH is 1. The van der Waals surface area contributed by atoms with Crippen molar-refractivity contribution in [1.29, 1.82) is 0 Å². The average Bonchev–Trinajstić information content (AvgIpc) is 2.72. The van der Waals surface area contributed by atoms with Crippen molar-refractivity contribution in [3.05, 3.63) is 65.5 Å². The molecule has 5 heteroatoms. The Labute approximate surface area is 167 Å². The summed E-state index contributed by atoms with van der Waals surface area (Å²) in [6.45, 7) is 4.58. The van der Waals surface area contributed by atoms with Gasteiger partial charge in [0.25, 0.3) is 0 Å². The van der Waals surface area contributed by atoms with Gasteiger partial charge in [-0.15, -0.1) is 0 Å². The topological polar surface area (TPSA) is 35.9 Å². The fraction of sp³-hybridized carbons (Fsp3) is 0.478. The minimum Gasteiger partial charge on any atom is -0.497 e. The van der Waals surface area contributed by atoms with E-state index in [1.165, 1.54) is 11.6 Å². The third kappa shape index (κ3) is 5.77. The molecule has 3 rings (SSSR count). The molecule has 1 N–H and O–H groups in total. The third-order valence-electron chi connectivity index (χ3n) is 5.57. The van der Waals surface area contributed by atoms with Crippen LogP contribution >= 0.6 is 0 Å². The van der Waals surface area contributed by atoms with E-state index >= 15 is 0 Å². The second-order valence-corrected chi connectivity index (χ2v) is 7.48. The second-order valence-electron chi connectivity index (χ2n) is 7.48. The van der Waals surface area contributed by atoms with E-state index in [1.54, 1.807) is 19.2 Å². The van der Waals surface area contributed by atoms with E-state index in [1.807, 2.05) is 6.07 Å². The molecule has 1 heterocycles. The second kappa shape index (κ2) is 10.6. The van der Waals surface area contributed by atoms with E-state index in [0.717, 1.165) is 39.0 Å². The molecule has 152 valence electrons. The molecular formula is C23H31FN2O2. The number of halogens is 1. The standard InChI is InChI=1S/C23H31FN2O2/c1-28-22-10-9-20(23(24)16-22)17-26-14-13-25(18-21(26)11-15-27)12-5-8-19-6-3-2-4-7-19/h2-4,6-7,9-10,16,21,27H,5,8,11-15,17-18H2,1H3/t21-/m0/s1. The SMILES string of the molecule is COc1ccc(CN2CCN(CCCc3ccccc3)C[C@@H]2CCO)c(F)c1. The number of nitrogens with zero attached hydrogens (tertiary/aromatic N) is 2. The van der Waals surface area contributed by atoms with Crippen LogP contribution in [0.4, 0.5) is 4.39 Å². The Hall–Kier alpha value is -1.95. The van der Waals surface area contributed by atoms with Gasteiger partial charge in [-0.2, -0.15) is 0 Å². The maximum absolute atomic E-state index is 14.3. The van der Waals surface area contributed by atoms with Crippen molar-refractivity contribution >= 4 is 0 Å². The first-order chi connectivity index (χ1) is 13.7.